The molecule has 9 heteroatoms. The Bertz CT molecular complexity index is 1190. The molecule has 0 saturated heterocycles. The fourth-order valence-corrected chi connectivity index (χ4v) is 3.90. The van der Waals surface area contributed by atoms with Gasteiger partial charge in [0.15, 0.2) is 11.5 Å². The molecule has 1 aliphatic heterocycles. The molecule has 0 bridgehead atoms. The molecule has 1 atom stereocenters. The lowest BCUT2D eigenvalue weighted by Gasteiger charge is -2.22. The van der Waals surface area contributed by atoms with Gasteiger partial charge >= 0.3 is 6.03 Å². The van der Waals surface area contributed by atoms with Gasteiger partial charge in [-0.15, -0.1) is 0 Å². The summed E-state index contributed by atoms with van der Waals surface area (Å²) in [5.74, 6) is 2.14. The molecular formula is C24H28N6O3. The smallest absolute Gasteiger partial charge is 0.337 e. The van der Waals surface area contributed by atoms with Crippen molar-refractivity contribution in [3.8, 4) is 11.5 Å². The first-order valence-corrected chi connectivity index (χ1v) is 10.7. The predicted octanol–water partition coefficient (Wildman–Crippen LogP) is 3.52. The summed E-state index contributed by atoms with van der Waals surface area (Å²) in [6.07, 6.45) is 2.36. The Kier molecular flexibility index (Phi) is 6.21. The number of anilines is 2. The third-order valence-corrected chi connectivity index (χ3v) is 5.68. The van der Waals surface area contributed by atoms with Crippen LogP contribution in [0.25, 0.3) is 0 Å². The van der Waals surface area contributed by atoms with Crippen LogP contribution in [0.2, 0.25) is 0 Å². The minimum atomic E-state index is -0.263. The number of amides is 2. The minimum Gasteiger partial charge on any atom is -0.493 e. The van der Waals surface area contributed by atoms with Crippen molar-refractivity contribution in [1.29, 1.82) is 0 Å². The normalized spacial score (nSPS) is 15.2. The summed E-state index contributed by atoms with van der Waals surface area (Å²) in [4.78, 5) is 12.6. The van der Waals surface area contributed by atoms with Gasteiger partial charge in [-0.3, -0.25) is 4.68 Å². The minimum absolute atomic E-state index is 0.148. The molecular weight excluding hydrogens is 420 g/mol. The van der Waals surface area contributed by atoms with E-state index in [9.17, 15) is 4.79 Å². The topological polar surface area (TPSA) is 93.0 Å². The van der Waals surface area contributed by atoms with E-state index in [1.165, 1.54) is 5.01 Å². The van der Waals surface area contributed by atoms with E-state index in [-0.39, 0.29) is 12.1 Å². The molecule has 33 heavy (non-hydrogen) atoms. The van der Waals surface area contributed by atoms with Gasteiger partial charge in [-0.1, -0.05) is 12.1 Å². The zero-order chi connectivity index (χ0) is 23.5. The van der Waals surface area contributed by atoms with E-state index in [1.807, 2.05) is 56.4 Å². The molecule has 2 N–H and O–H groups in total. The molecule has 1 unspecified atom stereocenters. The highest BCUT2D eigenvalue weighted by molar-refractivity contribution is 6.14. The zero-order valence-corrected chi connectivity index (χ0v) is 19.4. The number of hydrogen-bond acceptors (Lipinski definition) is 6. The molecule has 0 fully saturated rings. The van der Waals surface area contributed by atoms with Gasteiger partial charge in [-0.05, 0) is 43.2 Å². The van der Waals surface area contributed by atoms with E-state index in [1.54, 1.807) is 32.1 Å². The van der Waals surface area contributed by atoms with E-state index in [0.29, 0.717) is 23.6 Å². The van der Waals surface area contributed by atoms with Crippen molar-refractivity contribution in [2.75, 3.05) is 26.6 Å². The fraction of sp³-hybridized carbons (Fsp3) is 0.292. The third-order valence-electron chi connectivity index (χ3n) is 5.68. The Morgan fingerprint density at radius 2 is 1.79 bits per heavy atom. The number of carbonyl (C=O) groups excluding carboxylic acids is 1. The van der Waals surface area contributed by atoms with E-state index < -0.39 is 0 Å². The van der Waals surface area contributed by atoms with Crippen LogP contribution in [0.5, 0.6) is 11.5 Å². The number of methoxy groups -OCH3 is 2. The van der Waals surface area contributed by atoms with Crippen molar-refractivity contribution >= 4 is 23.2 Å². The Morgan fingerprint density at radius 3 is 2.39 bits per heavy atom. The van der Waals surface area contributed by atoms with Crippen LogP contribution in [0.1, 0.15) is 23.6 Å². The maximum atomic E-state index is 12.6. The van der Waals surface area contributed by atoms with Crippen molar-refractivity contribution in [1.82, 2.24) is 20.1 Å². The van der Waals surface area contributed by atoms with Gasteiger partial charge in [0.2, 0.25) is 0 Å². The SMILES string of the molecule is CNC(=O)N1N=C(c2ccc(Nc3ccnn3C)cc2)c2cc(OC)c(OC)cc2CC1C. The van der Waals surface area contributed by atoms with Gasteiger partial charge in [0.1, 0.15) is 5.82 Å². The number of rotatable bonds is 5. The molecule has 1 aliphatic rings. The van der Waals surface area contributed by atoms with E-state index in [2.05, 4.69) is 15.7 Å². The molecule has 4 rings (SSSR count). The third kappa shape index (κ3) is 4.34. The molecule has 3 aromatic rings. The van der Waals surface area contributed by atoms with Crippen LogP contribution in [-0.2, 0) is 13.5 Å². The van der Waals surface area contributed by atoms with E-state index in [4.69, 9.17) is 14.6 Å². The highest BCUT2D eigenvalue weighted by atomic mass is 16.5. The van der Waals surface area contributed by atoms with E-state index in [0.717, 1.165) is 28.2 Å². The number of hydrazone groups is 1. The van der Waals surface area contributed by atoms with Gasteiger partial charge in [0, 0.05) is 37.0 Å². The summed E-state index contributed by atoms with van der Waals surface area (Å²) in [5, 5.41) is 16.5. The number of aryl methyl sites for hydroxylation is 1. The maximum Gasteiger partial charge on any atom is 0.337 e. The lowest BCUT2D eigenvalue weighted by Crippen LogP contribution is -2.41. The number of nitrogens with one attached hydrogen (secondary N) is 2. The summed E-state index contributed by atoms with van der Waals surface area (Å²) in [6, 6.07) is 13.3. The highest BCUT2D eigenvalue weighted by Gasteiger charge is 2.28. The molecule has 172 valence electrons. The lowest BCUT2D eigenvalue weighted by atomic mass is 9.94. The number of ether oxygens (including phenoxy) is 2. The Labute approximate surface area is 193 Å². The monoisotopic (exact) mass is 448 g/mol. The van der Waals surface area contributed by atoms with E-state index >= 15 is 0 Å². The average molecular weight is 449 g/mol. The van der Waals surface area contributed by atoms with Crippen LogP contribution in [0.15, 0.2) is 53.8 Å². The van der Waals surface area contributed by atoms with Crippen LogP contribution in [0.4, 0.5) is 16.3 Å². The number of benzene rings is 2. The lowest BCUT2D eigenvalue weighted by molar-refractivity contribution is 0.184. The Hall–Kier alpha value is -4.01. The number of hydrogen-bond donors (Lipinski definition) is 2. The van der Waals surface area contributed by atoms with Crippen LogP contribution in [0, 0.1) is 0 Å². The summed E-state index contributed by atoms with van der Waals surface area (Å²) >= 11 is 0. The zero-order valence-electron chi connectivity index (χ0n) is 19.4. The average Bonchev–Trinajstić information content (AvgIpc) is 3.17. The summed E-state index contributed by atoms with van der Waals surface area (Å²) < 4.78 is 12.8. The van der Waals surface area contributed by atoms with Crippen molar-refractivity contribution < 1.29 is 14.3 Å². The number of nitrogens with zero attached hydrogens (tertiary/aromatic N) is 4. The van der Waals surface area contributed by atoms with Gasteiger partial charge in [0.05, 0.1) is 32.2 Å². The van der Waals surface area contributed by atoms with Gasteiger partial charge in [-0.2, -0.15) is 10.2 Å². The number of urea groups is 1. The first kappa shape index (κ1) is 22.2. The molecule has 2 heterocycles. The number of fused-ring (bicyclic) bond motifs is 1. The van der Waals surface area contributed by atoms with Gasteiger partial charge in [-0.25, -0.2) is 9.80 Å². The number of carbonyl (C=O) groups is 1. The molecule has 0 saturated carbocycles. The highest BCUT2D eigenvalue weighted by Crippen LogP contribution is 2.34. The largest absolute Gasteiger partial charge is 0.493 e. The van der Waals surface area contributed by atoms with Crippen molar-refractivity contribution in [2.45, 2.75) is 19.4 Å². The standard InChI is InChI=1S/C24H28N6O3/c1-15-12-17-13-20(32-4)21(33-5)14-19(17)23(28-30(15)24(31)25-2)16-6-8-18(9-7-16)27-22-10-11-26-29(22)3/h6-11,13-15,27H,12H2,1-5H3,(H,25,31). The van der Waals surface area contributed by atoms with Crippen LogP contribution in [0.3, 0.4) is 0 Å². The summed E-state index contributed by atoms with van der Waals surface area (Å²) in [7, 11) is 6.71. The second-order valence-electron chi connectivity index (χ2n) is 7.81. The second-order valence-corrected chi connectivity index (χ2v) is 7.81. The molecule has 2 aromatic carbocycles. The predicted molar refractivity (Wildman–Crippen MR) is 128 cm³/mol. The van der Waals surface area contributed by atoms with Gasteiger partial charge < -0.3 is 20.1 Å². The van der Waals surface area contributed by atoms with Crippen molar-refractivity contribution in [3.63, 3.8) is 0 Å². The molecule has 0 aliphatic carbocycles. The Morgan fingerprint density at radius 1 is 1.09 bits per heavy atom. The van der Waals surface area contributed by atoms with Crippen LogP contribution >= 0.6 is 0 Å². The maximum absolute atomic E-state index is 12.6. The molecule has 0 radical (unpaired) electrons. The molecule has 2 amide bonds. The van der Waals surface area contributed by atoms with Crippen LogP contribution < -0.4 is 20.1 Å². The Balaban J connectivity index is 1.79. The second kappa shape index (κ2) is 9.23. The summed E-state index contributed by atoms with van der Waals surface area (Å²) in [5.41, 5.74) is 4.41. The number of aromatic nitrogens is 2. The molecule has 0 spiro atoms. The first-order valence-electron chi connectivity index (χ1n) is 10.7. The van der Waals surface area contributed by atoms with Crippen molar-refractivity contribution in [2.24, 2.45) is 12.1 Å². The fourth-order valence-electron chi connectivity index (χ4n) is 3.90. The molecule has 9 nitrogen and oxygen atoms in total. The summed E-state index contributed by atoms with van der Waals surface area (Å²) in [6.45, 7) is 1.98. The molecule has 1 aromatic heterocycles. The van der Waals surface area contributed by atoms with Crippen LogP contribution in [-0.4, -0.2) is 53.8 Å². The van der Waals surface area contributed by atoms with Crippen molar-refractivity contribution in [3.05, 3.63) is 65.4 Å². The van der Waals surface area contributed by atoms with Gasteiger partial charge in [0.25, 0.3) is 0 Å². The first-order chi connectivity index (χ1) is 15.9. The quantitative estimate of drug-likeness (QED) is 0.623.